The molecule has 0 saturated heterocycles. The number of fused-ring (bicyclic) bond motifs is 1. The van der Waals surface area contributed by atoms with E-state index < -0.39 is 11.8 Å². The maximum atomic E-state index is 13.1. The van der Waals surface area contributed by atoms with Gasteiger partial charge < -0.3 is 15.5 Å². The molecule has 2 N–H and O–H groups in total. The normalized spacial score (nSPS) is 13.2. The molecule has 1 radical (unpaired) electrons. The number of hydrogen-bond acceptors (Lipinski definition) is 2. The van der Waals surface area contributed by atoms with Gasteiger partial charge in [0.2, 0.25) is 0 Å². The molecule has 1 aliphatic rings. The van der Waals surface area contributed by atoms with Crippen LogP contribution in [0.5, 0.6) is 0 Å². The van der Waals surface area contributed by atoms with E-state index in [-0.39, 0.29) is 0 Å². The first-order valence-electron chi connectivity index (χ1n) is 7.22. The lowest BCUT2D eigenvalue weighted by atomic mass is 9.99. The Morgan fingerprint density at radius 3 is 2.61 bits per heavy atom. The second-order valence-corrected chi connectivity index (χ2v) is 5.34. The number of carbonyl (C=O) groups excluding carboxylic acids is 2. The van der Waals surface area contributed by atoms with Crippen molar-refractivity contribution < 1.29 is 14.0 Å². The van der Waals surface area contributed by atoms with Gasteiger partial charge in [-0.2, -0.15) is 0 Å². The predicted octanol–water partition coefficient (Wildman–Crippen LogP) is 2.90. The summed E-state index contributed by atoms with van der Waals surface area (Å²) in [6.45, 7) is 1.16. The summed E-state index contributed by atoms with van der Waals surface area (Å²) in [6.07, 6.45) is 2.62. The molecule has 0 unspecified atom stereocenters. The van der Waals surface area contributed by atoms with Crippen LogP contribution in [0.1, 0.15) is 11.1 Å². The summed E-state index contributed by atoms with van der Waals surface area (Å²) in [5.41, 5.74) is 3.19. The molecule has 0 atom stereocenters. The summed E-state index contributed by atoms with van der Waals surface area (Å²) in [5, 5.41) is 5.30. The molecule has 6 heteroatoms. The molecule has 0 aliphatic carbocycles. The van der Waals surface area contributed by atoms with Crippen LogP contribution in [0.4, 0.5) is 20.6 Å². The molecule has 117 valence electrons. The molecule has 2 aromatic rings. The van der Waals surface area contributed by atoms with E-state index in [4.69, 9.17) is 0 Å². The van der Waals surface area contributed by atoms with E-state index in [0.717, 1.165) is 17.5 Å². The first kappa shape index (κ1) is 15.0. The second-order valence-electron chi connectivity index (χ2n) is 5.34. The fourth-order valence-electron chi connectivity index (χ4n) is 2.57. The third kappa shape index (κ3) is 3.66. The highest BCUT2D eigenvalue weighted by Crippen LogP contribution is 2.22. The Hall–Kier alpha value is -2.89. The summed E-state index contributed by atoms with van der Waals surface area (Å²) < 4.78 is 13.1. The number of nitrogens with one attached hydrogen (secondary N) is 2. The molecule has 1 aliphatic heterocycles. The lowest BCUT2D eigenvalue weighted by Gasteiger charge is -2.25. The van der Waals surface area contributed by atoms with Crippen molar-refractivity contribution in [3.63, 3.8) is 0 Å². The SMILES string of the molecule is O=[C]N1CCc2cc(NC(=O)Nc3cccc(F)c3)ccc2C1. The van der Waals surface area contributed by atoms with Crippen LogP contribution in [0.25, 0.3) is 0 Å². The number of urea groups is 1. The highest BCUT2D eigenvalue weighted by atomic mass is 19.1. The number of carbonyl (C=O) groups is 1. The highest BCUT2D eigenvalue weighted by molar-refractivity contribution is 5.99. The Kier molecular flexibility index (Phi) is 4.23. The lowest BCUT2D eigenvalue weighted by molar-refractivity contribution is 0.262. The third-order valence-corrected chi connectivity index (χ3v) is 3.69. The van der Waals surface area contributed by atoms with Gasteiger partial charge in [-0.15, -0.1) is 0 Å². The molecule has 2 aromatic carbocycles. The molecule has 3 amide bonds. The van der Waals surface area contributed by atoms with Gasteiger partial charge in [-0.3, -0.25) is 4.79 Å². The van der Waals surface area contributed by atoms with Crippen molar-refractivity contribution in [1.82, 2.24) is 4.90 Å². The van der Waals surface area contributed by atoms with Crippen molar-refractivity contribution in [3.05, 3.63) is 59.4 Å². The minimum atomic E-state index is -0.436. The van der Waals surface area contributed by atoms with Crippen LogP contribution in [-0.4, -0.2) is 23.9 Å². The Morgan fingerprint density at radius 2 is 1.87 bits per heavy atom. The fraction of sp³-hybridized carbons (Fsp3) is 0.176. The average Bonchev–Trinajstić information content (AvgIpc) is 2.54. The number of amides is 3. The largest absolute Gasteiger partial charge is 0.330 e. The molecule has 0 saturated carbocycles. The zero-order valence-electron chi connectivity index (χ0n) is 12.3. The van der Waals surface area contributed by atoms with Crippen molar-refractivity contribution >= 4 is 23.8 Å². The van der Waals surface area contributed by atoms with Crippen LogP contribution in [0, 0.1) is 5.82 Å². The van der Waals surface area contributed by atoms with Gasteiger partial charge in [-0.1, -0.05) is 12.1 Å². The summed E-state index contributed by atoms with van der Waals surface area (Å²) in [6, 6.07) is 10.8. The van der Waals surface area contributed by atoms with Crippen molar-refractivity contribution in [3.8, 4) is 0 Å². The standard InChI is InChI=1S/C17H15FN3O2/c18-14-2-1-3-15(9-14)19-17(23)20-16-5-4-13-10-21(11-22)7-6-12(13)8-16/h1-5,8-9H,6-7,10H2,(H2,19,20,23). The van der Waals surface area contributed by atoms with E-state index in [1.165, 1.54) is 18.2 Å². The minimum Gasteiger partial charge on any atom is -0.330 e. The van der Waals surface area contributed by atoms with Crippen LogP contribution in [0.15, 0.2) is 42.5 Å². The number of benzene rings is 2. The molecule has 0 fully saturated rings. The molecule has 23 heavy (non-hydrogen) atoms. The topological polar surface area (TPSA) is 61.4 Å². The van der Waals surface area contributed by atoms with E-state index >= 15 is 0 Å². The van der Waals surface area contributed by atoms with E-state index in [1.807, 2.05) is 18.5 Å². The quantitative estimate of drug-likeness (QED) is 0.915. The van der Waals surface area contributed by atoms with Gasteiger partial charge in [0.1, 0.15) is 5.82 Å². The fourth-order valence-corrected chi connectivity index (χ4v) is 2.57. The maximum absolute atomic E-state index is 13.1. The molecule has 5 nitrogen and oxygen atoms in total. The van der Waals surface area contributed by atoms with Crippen LogP contribution in [-0.2, 0) is 17.8 Å². The minimum absolute atomic E-state index is 0.387. The second kappa shape index (κ2) is 6.48. The molecule has 1 heterocycles. The smallest absolute Gasteiger partial charge is 0.323 e. The van der Waals surface area contributed by atoms with Crippen molar-refractivity contribution in [2.45, 2.75) is 13.0 Å². The van der Waals surface area contributed by atoms with Gasteiger partial charge in [0.15, 0.2) is 0 Å². The summed E-state index contributed by atoms with van der Waals surface area (Å²) in [5.74, 6) is -0.409. The number of anilines is 2. The highest BCUT2D eigenvalue weighted by Gasteiger charge is 2.16. The summed E-state index contributed by atoms with van der Waals surface area (Å²) in [7, 11) is 0. The van der Waals surface area contributed by atoms with Crippen LogP contribution < -0.4 is 10.6 Å². The Balaban J connectivity index is 1.66. The first-order chi connectivity index (χ1) is 11.1. The third-order valence-electron chi connectivity index (χ3n) is 3.69. The van der Waals surface area contributed by atoms with E-state index in [1.54, 1.807) is 17.0 Å². The van der Waals surface area contributed by atoms with E-state index in [2.05, 4.69) is 10.6 Å². The molecule has 0 spiro atoms. The predicted molar refractivity (Wildman–Crippen MR) is 85.3 cm³/mol. The molecule has 3 rings (SSSR count). The van der Waals surface area contributed by atoms with Gasteiger partial charge in [0.25, 0.3) is 0 Å². The molecular weight excluding hydrogens is 297 g/mol. The van der Waals surface area contributed by atoms with Crippen molar-refractivity contribution in [1.29, 1.82) is 0 Å². The van der Waals surface area contributed by atoms with Gasteiger partial charge >= 0.3 is 12.4 Å². The summed E-state index contributed by atoms with van der Waals surface area (Å²) in [4.78, 5) is 24.2. The van der Waals surface area contributed by atoms with Gasteiger partial charge in [0, 0.05) is 24.5 Å². The van der Waals surface area contributed by atoms with Gasteiger partial charge in [-0.05, 0) is 47.9 Å². The Bertz CT molecular complexity index is 748. The van der Waals surface area contributed by atoms with Crippen LogP contribution >= 0.6 is 0 Å². The van der Waals surface area contributed by atoms with Crippen LogP contribution in [0.3, 0.4) is 0 Å². The van der Waals surface area contributed by atoms with Crippen molar-refractivity contribution in [2.24, 2.45) is 0 Å². The number of nitrogens with zero attached hydrogens (tertiary/aromatic N) is 1. The first-order valence-corrected chi connectivity index (χ1v) is 7.22. The van der Waals surface area contributed by atoms with E-state index in [0.29, 0.717) is 24.5 Å². The average molecular weight is 312 g/mol. The number of hydrogen-bond donors (Lipinski definition) is 2. The Labute approximate surface area is 133 Å². The monoisotopic (exact) mass is 312 g/mol. The zero-order valence-corrected chi connectivity index (χ0v) is 12.3. The Morgan fingerprint density at radius 1 is 1.09 bits per heavy atom. The van der Waals surface area contributed by atoms with Crippen molar-refractivity contribution in [2.75, 3.05) is 17.2 Å². The van der Waals surface area contributed by atoms with Crippen LogP contribution in [0.2, 0.25) is 0 Å². The molecule has 0 bridgehead atoms. The maximum Gasteiger partial charge on any atom is 0.323 e. The zero-order chi connectivity index (χ0) is 16.2. The number of rotatable bonds is 3. The lowest BCUT2D eigenvalue weighted by Crippen LogP contribution is -2.29. The number of halogens is 1. The summed E-state index contributed by atoms with van der Waals surface area (Å²) >= 11 is 0. The molecular formula is C17H15FN3O2. The van der Waals surface area contributed by atoms with Gasteiger partial charge in [0.05, 0.1) is 0 Å². The van der Waals surface area contributed by atoms with Gasteiger partial charge in [-0.25, -0.2) is 9.18 Å². The van der Waals surface area contributed by atoms with E-state index in [9.17, 15) is 14.0 Å². The molecule has 0 aromatic heterocycles.